The van der Waals surface area contributed by atoms with E-state index in [0.717, 1.165) is 6.07 Å². The van der Waals surface area contributed by atoms with Crippen molar-refractivity contribution in [2.24, 2.45) is 0 Å². The molecule has 0 bridgehead atoms. The van der Waals surface area contributed by atoms with Crippen molar-refractivity contribution in [3.63, 3.8) is 0 Å². The summed E-state index contributed by atoms with van der Waals surface area (Å²) in [6.07, 6.45) is 0. The summed E-state index contributed by atoms with van der Waals surface area (Å²) in [5, 5.41) is 0.602. The first kappa shape index (κ1) is 12.9. The molecule has 0 saturated heterocycles. The first-order valence-electron chi connectivity index (χ1n) is 5.04. The lowest BCUT2D eigenvalue weighted by Crippen LogP contribution is -2.06. The minimum Gasteiger partial charge on any atom is -0.398 e. The first-order valence-corrected chi connectivity index (χ1v) is 5.79. The Balaban J connectivity index is 2.51. The van der Waals surface area contributed by atoms with Crippen molar-refractivity contribution >= 4 is 34.7 Å². The van der Waals surface area contributed by atoms with Gasteiger partial charge in [-0.25, -0.2) is 4.39 Å². The van der Waals surface area contributed by atoms with Crippen LogP contribution in [0.15, 0.2) is 36.4 Å². The number of hydrogen-bond donors (Lipinski definition) is 1. The molecule has 0 aromatic heterocycles. The fourth-order valence-electron chi connectivity index (χ4n) is 1.56. The minimum atomic E-state index is -0.532. The van der Waals surface area contributed by atoms with Gasteiger partial charge in [-0.05, 0) is 36.4 Å². The molecule has 18 heavy (non-hydrogen) atoms. The number of nitrogens with two attached hydrogens (primary N) is 1. The van der Waals surface area contributed by atoms with Gasteiger partial charge in [0.05, 0.1) is 5.02 Å². The van der Waals surface area contributed by atoms with E-state index in [1.807, 2.05) is 0 Å². The van der Waals surface area contributed by atoms with Crippen LogP contribution < -0.4 is 5.73 Å². The third-order valence-corrected chi connectivity index (χ3v) is 3.00. The van der Waals surface area contributed by atoms with Gasteiger partial charge >= 0.3 is 0 Å². The van der Waals surface area contributed by atoms with Gasteiger partial charge in [0.1, 0.15) is 5.82 Å². The van der Waals surface area contributed by atoms with Gasteiger partial charge in [0.2, 0.25) is 0 Å². The molecule has 2 aromatic carbocycles. The smallest absolute Gasteiger partial charge is 0.196 e. The molecule has 0 aliphatic rings. The van der Waals surface area contributed by atoms with E-state index in [1.165, 1.54) is 24.3 Å². The number of nitrogen functional groups attached to an aromatic ring is 1. The van der Waals surface area contributed by atoms with Gasteiger partial charge in [0.25, 0.3) is 0 Å². The molecule has 0 radical (unpaired) electrons. The molecule has 0 aliphatic carbocycles. The lowest BCUT2D eigenvalue weighted by atomic mass is 10.0. The molecule has 0 heterocycles. The normalized spacial score (nSPS) is 10.4. The van der Waals surface area contributed by atoms with E-state index in [0.29, 0.717) is 5.02 Å². The Kier molecular flexibility index (Phi) is 3.55. The Morgan fingerprint density at radius 3 is 2.44 bits per heavy atom. The van der Waals surface area contributed by atoms with E-state index in [-0.39, 0.29) is 21.8 Å². The molecule has 2 rings (SSSR count). The van der Waals surface area contributed by atoms with E-state index in [9.17, 15) is 9.18 Å². The fourth-order valence-corrected chi connectivity index (χ4v) is 1.94. The zero-order valence-electron chi connectivity index (χ0n) is 9.08. The van der Waals surface area contributed by atoms with Gasteiger partial charge in [0, 0.05) is 21.8 Å². The molecule has 0 fully saturated rings. The summed E-state index contributed by atoms with van der Waals surface area (Å²) in [6, 6.07) is 8.08. The van der Waals surface area contributed by atoms with Crippen molar-refractivity contribution in [2.75, 3.05) is 5.73 Å². The van der Waals surface area contributed by atoms with Crippen molar-refractivity contribution in [3.8, 4) is 0 Å². The Bertz CT molecular complexity index is 628. The average Bonchev–Trinajstić information content (AvgIpc) is 2.31. The highest BCUT2D eigenvalue weighted by Gasteiger charge is 2.16. The van der Waals surface area contributed by atoms with Crippen molar-refractivity contribution in [1.29, 1.82) is 0 Å². The fraction of sp³-hybridized carbons (Fsp3) is 0. The molecular weight excluding hydrogens is 276 g/mol. The number of rotatable bonds is 2. The number of carbonyl (C=O) groups excluding carboxylic acids is 1. The Labute approximate surface area is 113 Å². The van der Waals surface area contributed by atoms with Crippen LogP contribution in [0.1, 0.15) is 15.9 Å². The molecule has 0 saturated carbocycles. The molecule has 0 atom stereocenters. The second-order valence-electron chi connectivity index (χ2n) is 3.68. The summed E-state index contributed by atoms with van der Waals surface area (Å²) in [7, 11) is 0. The van der Waals surface area contributed by atoms with E-state index in [4.69, 9.17) is 28.9 Å². The van der Waals surface area contributed by atoms with Crippen LogP contribution in [0.25, 0.3) is 0 Å². The maximum atomic E-state index is 13.1. The first-order chi connectivity index (χ1) is 8.49. The Morgan fingerprint density at radius 2 is 1.78 bits per heavy atom. The predicted molar refractivity (Wildman–Crippen MR) is 70.7 cm³/mol. The third kappa shape index (κ3) is 2.47. The quantitative estimate of drug-likeness (QED) is 0.670. The van der Waals surface area contributed by atoms with Crippen LogP contribution in [-0.2, 0) is 0 Å². The SMILES string of the molecule is Nc1cc(Cl)ccc1C(=O)c1cc(F)ccc1Cl. The molecule has 2 nitrogen and oxygen atoms in total. The van der Waals surface area contributed by atoms with Crippen LogP contribution in [0, 0.1) is 5.82 Å². The monoisotopic (exact) mass is 283 g/mol. The number of halogens is 3. The highest BCUT2D eigenvalue weighted by atomic mass is 35.5. The molecule has 2 aromatic rings. The van der Waals surface area contributed by atoms with Crippen LogP contribution in [0.5, 0.6) is 0 Å². The Morgan fingerprint density at radius 1 is 1.06 bits per heavy atom. The molecule has 2 N–H and O–H groups in total. The van der Waals surface area contributed by atoms with Crippen LogP contribution >= 0.6 is 23.2 Å². The van der Waals surface area contributed by atoms with Gasteiger partial charge < -0.3 is 5.73 Å². The van der Waals surface area contributed by atoms with E-state index in [2.05, 4.69) is 0 Å². The molecular formula is C13H8Cl2FNO. The van der Waals surface area contributed by atoms with Gasteiger partial charge in [-0.3, -0.25) is 4.79 Å². The molecule has 0 aliphatic heterocycles. The second kappa shape index (κ2) is 4.96. The summed E-state index contributed by atoms with van der Waals surface area (Å²) in [4.78, 5) is 12.2. The Hall–Kier alpha value is -1.58. The number of hydrogen-bond acceptors (Lipinski definition) is 2. The number of benzene rings is 2. The van der Waals surface area contributed by atoms with Crippen molar-refractivity contribution < 1.29 is 9.18 Å². The topological polar surface area (TPSA) is 43.1 Å². The highest BCUT2D eigenvalue weighted by Crippen LogP contribution is 2.25. The van der Waals surface area contributed by atoms with E-state index in [1.54, 1.807) is 6.07 Å². The summed E-state index contributed by atoms with van der Waals surface area (Å²) >= 11 is 11.6. The third-order valence-electron chi connectivity index (χ3n) is 2.43. The zero-order valence-corrected chi connectivity index (χ0v) is 10.6. The van der Waals surface area contributed by atoms with Crippen molar-refractivity contribution in [1.82, 2.24) is 0 Å². The van der Waals surface area contributed by atoms with Gasteiger partial charge in [0.15, 0.2) is 5.78 Å². The van der Waals surface area contributed by atoms with Gasteiger partial charge in [-0.1, -0.05) is 23.2 Å². The molecule has 5 heteroatoms. The second-order valence-corrected chi connectivity index (χ2v) is 4.53. The molecule has 0 amide bonds. The van der Waals surface area contributed by atoms with Crippen LogP contribution in [0.3, 0.4) is 0 Å². The van der Waals surface area contributed by atoms with Gasteiger partial charge in [-0.15, -0.1) is 0 Å². The van der Waals surface area contributed by atoms with Gasteiger partial charge in [-0.2, -0.15) is 0 Å². The summed E-state index contributed by atoms with van der Waals surface area (Å²) < 4.78 is 13.1. The largest absolute Gasteiger partial charge is 0.398 e. The predicted octanol–water partition coefficient (Wildman–Crippen LogP) is 3.95. The van der Waals surface area contributed by atoms with E-state index < -0.39 is 11.6 Å². The van der Waals surface area contributed by atoms with E-state index >= 15 is 0 Å². The summed E-state index contributed by atoms with van der Waals surface area (Å²) in [5.74, 6) is -0.969. The molecule has 0 spiro atoms. The van der Waals surface area contributed by atoms with Crippen LogP contribution in [-0.4, -0.2) is 5.78 Å². The standard InChI is InChI=1S/C13H8Cl2FNO/c14-7-1-3-9(12(17)5-7)13(18)10-6-8(16)2-4-11(10)15/h1-6H,17H2. The molecule has 92 valence electrons. The van der Waals surface area contributed by atoms with Crippen LogP contribution in [0.4, 0.5) is 10.1 Å². The number of carbonyl (C=O) groups is 1. The van der Waals surface area contributed by atoms with Crippen LogP contribution in [0.2, 0.25) is 10.0 Å². The zero-order chi connectivity index (χ0) is 13.3. The molecule has 0 unspecified atom stereocenters. The number of ketones is 1. The maximum Gasteiger partial charge on any atom is 0.196 e. The highest BCUT2D eigenvalue weighted by molar-refractivity contribution is 6.35. The lowest BCUT2D eigenvalue weighted by molar-refractivity contribution is 0.103. The van der Waals surface area contributed by atoms with Crippen molar-refractivity contribution in [3.05, 3.63) is 63.4 Å². The summed E-state index contributed by atoms with van der Waals surface area (Å²) in [6.45, 7) is 0. The maximum absolute atomic E-state index is 13.1. The van der Waals surface area contributed by atoms with Crippen molar-refractivity contribution in [2.45, 2.75) is 0 Å². The minimum absolute atomic E-state index is 0.0747. The lowest BCUT2D eigenvalue weighted by Gasteiger charge is -2.07. The average molecular weight is 284 g/mol. The summed E-state index contributed by atoms with van der Waals surface area (Å²) in [5.41, 5.74) is 6.25. The number of anilines is 1.